The number of rotatable bonds is 4. The van der Waals surface area contributed by atoms with Gasteiger partial charge >= 0.3 is 0 Å². The van der Waals surface area contributed by atoms with Gasteiger partial charge < -0.3 is 15.5 Å². The number of carbonyl (C=O) groups is 1. The maximum absolute atomic E-state index is 13.0. The monoisotopic (exact) mass is 343 g/mol. The molecule has 0 aromatic carbocycles. The summed E-state index contributed by atoms with van der Waals surface area (Å²) >= 11 is 0. The Labute approximate surface area is 147 Å². The molecule has 134 valence electrons. The molecule has 23 heavy (non-hydrogen) atoms. The van der Waals surface area contributed by atoms with Crippen LogP contribution in [0.4, 0.5) is 0 Å². The van der Waals surface area contributed by atoms with Crippen LogP contribution in [0.15, 0.2) is 0 Å². The number of hydrogen-bond acceptors (Lipinski definition) is 3. The van der Waals surface area contributed by atoms with Crippen molar-refractivity contribution in [2.45, 2.75) is 63.3 Å². The second-order valence-electron chi connectivity index (χ2n) is 8.09. The zero-order chi connectivity index (χ0) is 15.6. The molecule has 3 rings (SSSR count). The Hall–Kier alpha value is -0.320. The number of halogens is 1. The number of nitrogens with one attached hydrogen (secondary N) is 2. The van der Waals surface area contributed by atoms with E-state index in [2.05, 4.69) is 29.6 Å². The molecule has 0 spiro atoms. The molecule has 1 saturated heterocycles. The first-order valence-corrected chi connectivity index (χ1v) is 9.26. The van der Waals surface area contributed by atoms with Gasteiger partial charge in [0.05, 0.1) is 5.41 Å². The lowest BCUT2D eigenvalue weighted by molar-refractivity contribution is -0.134. The minimum Gasteiger partial charge on any atom is -0.354 e. The van der Waals surface area contributed by atoms with Crippen LogP contribution in [0.2, 0.25) is 0 Å². The molecule has 1 amide bonds. The summed E-state index contributed by atoms with van der Waals surface area (Å²) in [7, 11) is 4.35. The number of nitrogens with zero attached hydrogens (tertiary/aromatic N) is 1. The summed E-state index contributed by atoms with van der Waals surface area (Å²) in [5, 5.41) is 6.87. The molecule has 0 aromatic rings. The van der Waals surface area contributed by atoms with E-state index in [-0.39, 0.29) is 23.4 Å². The lowest BCUT2D eigenvalue weighted by atomic mass is 9.67. The van der Waals surface area contributed by atoms with Crippen LogP contribution in [0.25, 0.3) is 0 Å². The molecule has 2 aliphatic carbocycles. The smallest absolute Gasteiger partial charge is 0.227 e. The SMILES string of the molecule is CN(C)C1(CNC(=O)[C@@]23CCCC[C@H]2CNC3)CCCCC1.Cl. The van der Waals surface area contributed by atoms with Gasteiger partial charge in [0.2, 0.25) is 5.91 Å². The summed E-state index contributed by atoms with van der Waals surface area (Å²) in [4.78, 5) is 15.4. The third-order valence-electron chi connectivity index (χ3n) is 6.80. The van der Waals surface area contributed by atoms with E-state index in [1.807, 2.05) is 0 Å². The van der Waals surface area contributed by atoms with Gasteiger partial charge in [-0.3, -0.25) is 4.79 Å². The van der Waals surface area contributed by atoms with Gasteiger partial charge in [-0.2, -0.15) is 0 Å². The molecule has 0 unspecified atom stereocenters. The number of carbonyl (C=O) groups excluding carboxylic acids is 1. The third-order valence-corrected chi connectivity index (χ3v) is 6.80. The Kier molecular flexibility index (Phi) is 6.37. The molecule has 2 atom stereocenters. The molecule has 1 aliphatic heterocycles. The van der Waals surface area contributed by atoms with Crippen LogP contribution >= 0.6 is 12.4 Å². The van der Waals surface area contributed by atoms with Crippen molar-refractivity contribution in [1.82, 2.24) is 15.5 Å². The molecule has 0 aromatic heterocycles. The molecular weight excluding hydrogens is 310 g/mol. The van der Waals surface area contributed by atoms with Crippen LogP contribution in [0, 0.1) is 11.3 Å². The van der Waals surface area contributed by atoms with E-state index in [4.69, 9.17) is 0 Å². The van der Waals surface area contributed by atoms with E-state index >= 15 is 0 Å². The van der Waals surface area contributed by atoms with Gasteiger partial charge in [0.25, 0.3) is 0 Å². The summed E-state index contributed by atoms with van der Waals surface area (Å²) in [6.07, 6.45) is 11.2. The third kappa shape index (κ3) is 3.54. The predicted octanol–water partition coefficient (Wildman–Crippen LogP) is 2.57. The summed E-state index contributed by atoms with van der Waals surface area (Å²) < 4.78 is 0. The fraction of sp³-hybridized carbons (Fsp3) is 0.944. The Balaban J connectivity index is 0.00000192. The lowest BCUT2D eigenvalue weighted by Gasteiger charge is -2.44. The topological polar surface area (TPSA) is 44.4 Å². The second kappa shape index (κ2) is 7.71. The molecular formula is C18H34ClN3O. The van der Waals surface area contributed by atoms with Gasteiger partial charge in [0, 0.05) is 18.6 Å². The van der Waals surface area contributed by atoms with Crippen molar-refractivity contribution in [3.63, 3.8) is 0 Å². The van der Waals surface area contributed by atoms with Crippen LogP contribution < -0.4 is 10.6 Å². The Morgan fingerprint density at radius 1 is 1.13 bits per heavy atom. The van der Waals surface area contributed by atoms with Gasteiger partial charge in [0.1, 0.15) is 0 Å². The fourth-order valence-electron chi connectivity index (χ4n) is 5.10. The van der Waals surface area contributed by atoms with E-state index in [1.54, 1.807) is 0 Å². The minimum atomic E-state index is -0.111. The van der Waals surface area contributed by atoms with Gasteiger partial charge in [-0.1, -0.05) is 32.1 Å². The highest BCUT2D eigenvalue weighted by atomic mass is 35.5. The molecule has 3 fully saturated rings. The van der Waals surface area contributed by atoms with Crippen LogP contribution in [-0.2, 0) is 4.79 Å². The zero-order valence-corrected chi connectivity index (χ0v) is 15.6. The maximum Gasteiger partial charge on any atom is 0.227 e. The van der Waals surface area contributed by atoms with Crippen LogP contribution in [-0.4, -0.2) is 50.1 Å². The number of amides is 1. The normalized spacial score (nSPS) is 32.9. The lowest BCUT2D eigenvalue weighted by Crippen LogP contribution is -2.57. The van der Waals surface area contributed by atoms with Gasteiger partial charge in [0.15, 0.2) is 0 Å². The summed E-state index contributed by atoms with van der Waals surface area (Å²) in [5.74, 6) is 0.886. The molecule has 2 N–H and O–H groups in total. The average Bonchev–Trinajstić information content (AvgIpc) is 2.98. The molecule has 0 radical (unpaired) electrons. The quantitative estimate of drug-likeness (QED) is 0.824. The first kappa shape index (κ1) is 19.0. The van der Waals surface area contributed by atoms with Crippen molar-refractivity contribution >= 4 is 18.3 Å². The second-order valence-corrected chi connectivity index (χ2v) is 8.09. The molecule has 5 heteroatoms. The van der Waals surface area contributed by atoms with Crippen molar-refractivity contribution in [3.05, 3.63) is 0 Å². The zero-order valence-electron chi connectivity index (χ0n) is 14.8. The Bertz CT molecular complexity index is 409. The van der Waals surface area contributed by atoms with Crippen LogP contribution in [0.5, 0.6) is 0 Å². The van der Waals surface area contributed by atoms with E-state index in [1.165, 1.54) is 51.4 Å². The van der Waals surface area contributed by atoms with E-state index in [9.17, 15) is 4.79 Å². The number of likely N-dealkylation sites (N-methyl/N-ethyl adjacent to an activating group) is 1. The van der Waals surface area contributed by atoms with Crippen molar-refractivity contribution in [2.75, 3.05) is 33.7 Å². The van der Waals surface area contributed by atoms with Gasteiger partial charge in [-0.05, 0) is 52.2 Å². The van der Waals surface area contributed by atoms with Crippen molar-refractivity contribution < 1.29 is 4.79 Å². The highest BCUT2D eigenvalue weighted by molar-refractivity contribution is 5.85. The van der Waals surface area contributed by atoms with Crippen molar-refractivity contribution in [2.24, 2.45) is 11.3 Å². The predicted molar refractivity (Wildman–Crippen MR) is 97.0 cm³/mol. The highest BCUT2D eigenvalue weighted by Crippen LogP contribution is 2.44. The highest BCUT2D eigenvalue weighted by Gasteiger charge is 2.50. The summed E-state index contributed by atoms with van der Waals surface area (Å²) in [6, 6.07) is 0. The Morgan fingerprint density at radius 2 is 1.83 bits per heavy atom. The molecule has 0 bridgehead atoms. The molecule has 2 saturated carbocycles. The van der Waals surface area contributed by atoms with Crippen LogP contribution in [0.1, 0.15) is 57.8 Å². The standard InChI is InChI=1S/C18H33N3O.ClH/c1-21(2)17(9-5-3-6-10-17)13-20-16(22)18-11-7-4-8-15(18)12-19-14-18;/h15,19H,3-14H2,1-2H3,(H,20,22);1H/t15-,18+;/m0./s1. The van der Waals surface area contributed by atoms with Crippen molar-refractivity contribution in [1.29, 1.82) is 0 Å². The molecule has 1 heterocycles. The van der Waals surface area contributed by atoms with E-state index < -0.39 is 0 Å². The average molecular weight is 344 g/mol. The van der Waals surface area contributed by atoms with Crippen LogP contribution in [0.3, 0.4) is 0 Å². The maximum atomic E-state index is 13.0. The largest absolute Gasteiger partial charge is 0.354 e. The minimum absolute atomic E-state index is 0. The van der Waals surface area contributed by atoms with Gasteiger partial charge in [-0.15, -0.1) is 12.4 Å². The molecule has 3 aliphatic rings. The summed E-state index contributed by atoms with van der Waals surface area (Å²) in [6.45, 7) is 2.75. The Morgan fingerprint density at radius 3 is 2.52 bits per heavy atom. The van der Waals surface area contributed by atoms with E-state index in [0.29, 0.717) is 11.8 Å². The molecule has 4 nitrogen and oxygen atoms in total. The van der Waals surface area contributed by atoms with Gasteiger partial charge in [-0.25, -0.2) is 0 Å². The first-order chi connectivity index (χ1) is 10.6. The van der Waals surface area contributed by atoms with E-state index in [0.717, 1.165) is 26.1 Å². The van der Waals surface area contributed by atoms with Crippen molar-refractivity contribution in [3.8, 4) is 0 Å². The summed E-state index contributed by atoms with van der Waals surface area (Å²) in [5.41, 5.74) is 0.0706. The number of fused-ring (bicyclic) bond motifs is 1. The number of hydrogen-bond donors (Lipinski definition) is 2. The fourth-order valence-corrected chi connectivity index (χ4v) is 5.10. The first-order valence-electron chi connectivity index (χ1n) is 9.26.